The lowest BCUT2D eigenvalue weighted by Gasteiger charge is -2.11. The lowest BCUT2D eigenvalue weighted by atomic mass is 10.1. The van der Waals surface area contributed by atoms with Gasteiger partial charge in [0.05, 0.1) is 16.1 Å². The molecule has 0 spiro atoms. The number of hydrogen-bond donors (Lipinski definition) is 3. The van der Waals surface area contributed by atoms with Crippen LogP contribution in [-0.2, 0) is 16.6 Å². The molecule has 5 nitrogen and oxygen atoms in total. The van der Waals surface area contributed by atoms with E-state index in [-0.39, 0.29) is 4.90 Å². The van der Waals surface area contributed by atoms with E-state index in [0.29, 0.717) is 13.1 Å². The van der Waals surface area contributed by atoms with Crippen LogP contribution in [-0.4, -0.2) is 19.9 Å². The Morgan fingerprint density at radius 2 is 1.59 bits per heavy atom. The number of H-pyrrole nitrogens is 1. The Morgan fingerprint density at radius 1 is 0.897 bits per heavy atom. The second-order valence-electron chi connectivity index (χ2n) is 6.82. The summed E-state index contributed by atoms with van der Waals surface area (Å²) in [5.74, 6) is 0. The van der Waals surface area contributed by atoms with Gasteiger partial charge in [-0.15, -0.1) is 0 Å². The number of aromatic nitrogens is 1. The largest absolute Gasteiger partial charge is 0.379 e. The van der Waals surface area contributed by atoms with E-state index in [0.717, 1.165) is 33.4 Å². The van der Waals surface area contributed by atoms with Crippen LogP contribution in [0.2, 0.25) is 0 Å². The number of benzene rings is 3. The summed E-state index contributed by atoms with van der Waals surface area (Å²) in [5, 5.41) is 4.25. The van der Waals surface area contributed by atoms with Crippen molar-refractivity contribution < 1.29 is 8.42 Å². The van der Waals surface area contributed by atoms with Gasteiger partial charge in [0.2, 0.25) is 10.0 Å². The van der Waals surface area contributed by atoms with Crippen LogP contribution in [0.5, 0.6) is 0 Å². The van der Waals surface area contributed by atoms with Gasteiger partial charge in [-0.3, -0.25) is 0 Å². The molecular formula is C23H23N3O2S. The monoisotopic (exact) mass is 405 g/mol. The first-order valence-corrected chi connectivity index (χ1v) is 11.0. The van der Waals surface area contributed by atoms with E-state index in [1.54, 1.807) is 19.1 Å². The standard InChI is InChI=1S/C23H23N3O2S/c1-2-25-29(27,28)20-13-19-14-21(18-11-7-4-8-12-18)26-23(19)22(15-20)24-16-17-9-5-3-6-10-17/h3-15,24-26H,2,16H2,1H3. The van der Waals surface area contributed by atoms with Crippen LogP contribution in [0.3, 0.4) is 0 Å². The SMILES string of the molecule is CCNS(=O)(=O)c1cc(NCc2ccccc2)c2[nH]c(-c3ccccc3)cc2c1. The summed E-state index contributed by atoms with van der Waals surface area (Å²) >= 11 is 0. The van der Waals surface area contributed by atoms with E-state index in [1.807, 2.05) is 66.7 Å². The van der Waals surface area contributed by atoms with Crippen molar-refractivity contribution in [3.63, 3.8) is 0 Å². The van der Waals surface area contributed by atoms with Crippen molar-refractivity contribution in [2.75, 3.05) is 11.9 Å². The third kappa shape index (κ3) is 4.18. The highest BCUT2D eigenvalue weighted by Crippen LogP contribution is 2.32. The molecule has 148 valence electrons. The summed E-state index contributed by atoms with van der Waals surface area (Å²) in [4.78, 5) is 3.70. The zero-order valence-electron chi connectivity index (χ0n) is 16.1. The molecule has 1 heterocycles. The van der Waals surface area contributed by atoms with Gasteiger partial charge in [-0.1, -0.05) is 67.6 Å². The highest BCUT2D eigenvalue weighted by molar-refractivity contribution is 7.89. The molecule has 4 aromatic rings. The van der Waals surface area contributed by atoms with E-state index in [4.69, 9.17) is 0 Å². The van der Waals surface area contributed by atoms with Crippen molar-refractivity contribution >= 4 is 26.6 Å². The quantitative estimate of drug-likeness (QED) is 0.416. The molecule has 1 aromatic heterocycles. The molecule has 6 heteroatoms. The molecule has 0 amide bonds. The predicted octanol–water partition coefficient (Wildman–Crippen LogP) is 4.75. The number of rotatable bonds is 7. The third-order valence-corrected chi connectivity index (χ3v) is 6.28. The number of fused-ring (bicyclic) bond motifs is 1. The van der Waals surface area contributed by atoms with Crippen molar-refractivity contribution in [3.05, 3.63) is 84.4 Å². The van der Waals surface area contributed by atoms with Crippen molar-refractivity contribution in [1.82, 2.24) is 9.71 Å². The maximum Gasteiger partial charge on any atom is 0.240 e. The second kappa shape index (κ2) is 8.11. The molecular weight excluding hydrogens is 382 g/mol. The minimum absolute atomic E-state index is 0.251. The molecule has 0 saturated carbocycles. The molecule has 0 radical (unpaired) electrons. The van der Waals surface area contributed by atoms with Crippen LogP contribution in [0.4, 0.5) is 5.69 Å². The van der Waals surface area contributed by atoms with Gasteiger partial charge in [0.1, 0.15) is 0 Å². The fraction of sp³-hybridized carbons (Fsp3) is 0.130. The van der Waals surface area contributed by atoms with Gasteiger partial charge in [-0.25, -0.2) is 13.1 Å². The highest BCUT2D eigenvalue weighted by Gasteiger charge is 2.17. The molecule has 0 aliphatic carbocycles. The Bertz CT molecular complexity index is 1220. The minimum atomic E-state index is -3.57. The van der Waals surface area contributed by atoms with E-state index in [1.165, 1.54) is 0 Å². The Hall–Kier alpha value is -3.09. The third-order valence-electron chi connectivity index (χ3n) is 4.76. The summed E-state index contributed by atoms with van der Waals surface area (Å²) in [6.07, 6.45) is 0. The van der Waals surface area contributed by atoms with Crippen LogP contribution >= 0.6 is 0 Å². The van der Waals surface area contributed by atoms with Gasteiger partial charge >= 0.3 is 0 Å². The first-order valence-electron chi connectivity index (χ1n) is 9.56. The lowest BCUT2D eigenvalue weighted by molar-refractivity contribution is 0.584. The Balaban J connectivity index is 1.80. The lowest BCUT2D eigenvalue weighted by Crippen LogP contribution is -2.23. The first-order chi connectivity index (χ1) is 14.1. The van der Waals surface area contributed by atoms with E-state index in [2.05, 4.69) is 15.0 Å². The first kappa shape index (κ1) is 19.2. The molecule has 0 atom stereocenters. The van der Waals surface area contributed by atoms with Crippen LogP contribution < -0.4 is 10.0 Å². The fourth-order valence-corrected chi connectivity index (χ4v) is 4.45. The number of hydrogen-bond acceptors (Lipinski definition) is 3. The van der Waals surface area contributed by atoms with Crippen molar-refractivity contribution in [2.24, 2.45) is 0 Å². The summed E-state index contributed by atoms with van der Waals surface area (Å²) in [6, 6.07) is 25.4. The van der Waals surface area contributed by atoms with Gasteiger partial charge in [-0.2, -0.15) is 0 Å². The smallest absolute Gasteiger partial charge is 0.240 e. The van der Waals surface area contributed by atoms with E-state index >= 15 is 0 Å². The summed E-state index contributed by atoms with van der Waals surface area (Å²) in [6.45, 7) is 2.71. The summed E-state index contributed by atoms with van der Waals surface area (Å²) in [7, 11) is -3.57. The zero-order chi connectivity index (χ0) is 20.3. The Labute approximate surface area is 170 Å². The number of aromatic amines is 1. The molecule has 3 N–H and O–H groups in total. The van der Waals surface area contributed by atoms with Gasteiger partial charge in [0.15, 0.2) is 0 Å². The fourth-order valence-electron chi connectivity index (χ4n) is 3.35. The average molecular weight is 406 g/mol. The molecule has 0 aliphatic heterocycles. The van der Waals surface area contributed by atoms with E-state index < -0.39 is 10.0 Å². The highest BCUT2D eigenvalue weighted by atomic mass is 32.2. The molecule has 0 fully saturated rings. The summed E-state index contributed by atoms with van der Waals surface area (Å²) < 4.78 is 27.8. The molecule has 0 aliphatic rings. The maximum atomic E-state index is 12.6. The second-order valence-corrected chi connectivity index (χ2v) is 8.59. The van der Waals surface area contributed by atoms with Crippen molar-refractivity contribution in [2.45, 2.75) is 18.4 Å². The molecule has 3 aromatic carbocycles. The Kier molecular flexibility index (Phi) is 5.38. The summed E-state index contributed by atoms with van der Waals surface area (Å²) in [5.41, 5.74) is 4.76. The van der Waals surface area contributed by atoms with Crippen molar-refractivity contribution in [1.29, 1.82) is 0 Å². The number of nitrogens with one attached hydrogen (secondary N) is 3. The predicted molar refractivity (Wildman–Crippen MR) is 118 cm³/mol. The minimum Gasteiger partial charge on any atom is -0.379 e. The normalized spacial score (nSPS) is 11.6. The molecule has 0 bridgehead atoms. The van der Waals surface area contributed by atoms with Crippen LogP contribution in [0, 0.1) is 0 Å². The van der Waals surface area contributed by atoms with Crippen LogP contribution in [0.1, 0.15) is 12.5 Å². The van der Waals surface area contributed by atoms with Gasteiger partial charge < -0.3 is 10.3 Å². The topological polar surface area (TPSA) is 74.0 Å². The van der Waals surface area contributed by atoms with Gasteiger partial charge in [-0.05, 0) is 29.3 Å². The zero-order valence-corrected chi connectivity index (χ0v) is 17.0. The maximum absolute atomic E-state index is 12.6. The van der Waals surface area contributed by atoms with Crippen LogP contribution in [0.25, 0.3) is 22.2 Å². The van der Waals surface area contributed by atoms with E-state index in [9.17, 15) is 8.42 Å². The van der Waals surface area contributed by atoms with Crippen molar-refractivity contribution in [3.8, 4) is 11.3 Å². The number of anilines is 1. The molecule has 4 rings (SSSR count). The number of sulfonamides is 1. The Morgan fingerprint density at radius 3 is 2.28 bits per heavy atom. The van der Waals surface area contributed by atoms with Crippen LogP contribution in [0.15, 0.2) is 83.8 Å². The molecule has 29 heavy (non-hydrogen) atoms. The molecule has 0 unspecified atom stereocenters. The van der Waals surface area contributed by atoms with Gasteiger partial charge in [0, 0.05) is 24.2 Å². The average Bonchev–Trinajstić information content (AvgIpc) is 3.18. The molecule has 0 saturated heterocycles. The van der Waals surface area contributed by atoms with Gasteiger partial charge in [0.25, 0.3) is 0 Å².